The van der Waals surface area contributed by atoms with Crippen LogP contribution in [0.25, 0.3) is 89.7 Å². The van der Waals surface area contributed by atoms with Gasteiger partial charge in [0.25, 0.3) is 0 Å². The minimum absolute atomic E-state index is 0.00280. The Bertz CT molecular complexity index is 2910. The summed E-state index contributed by atoms with van der Waals surface area (Å²) in [7, 11) is 0. The minimum Gasteiger partial charge on any atom is -0.256 e. The van der Waals surface area contributed by atoms with Gasteiger partial charge in [0.1, 0.15) is 0 Å². The maximum absolute atomic E-state index is 5.12. The van der Waals surface area contributed by atoms with E-state index in [0.29, 0.717) is 5.82 Å². The van der Waals surface area contributed by atoms with Crippen LogP contribution < -0.4 is 0 Å². The number of rotatable bonds is 7. The number of aromatic nitrogens is 3. The zero-order chi connectivity index (χ0) is 38.3. The lowest BCUT2D eigenvalue weighted by molar-refractivity contribution is 0.660. The molecule has 10 rings (SSSR count). The van der Waals surface area contributed by atoms with Crippen LogP contribution in [-0.2, 0) is 5.41 Å². The van der Waals surface area contributed by atoms with Gasteiger partial charge in [0.2, 0.25) is 0 Å². The van der Waals surface area contributed by atoms with Gasteiger partial charge in [-0.25, -0.2) is 9.97 Å². The summed E-state index contributed by atoms with van der Waals surface area (Å²) >= 11 is 0. The first-order valence-electron chi connectivity index (χ1n) is 19.5. The van der Waals surface area contributed by atoms with Gasteiger partial charge in [-0.3, -0.25) is 4.98 Å². The zero-order valence-corrected chi connectivity index (χ0v) is 31.9. The van der Waals surface area contributed by atoms with Crippen molar-refractivity contribution in [1.29, 1.82) is 0 Å². The molecular formula is C54H39N3. The summed E-state index contributed by atoms with van der Waals surface area (Å²) in [5.74, 6) is 0.695. The quantitative estimate of drug-likeness (QED) is 0.164. The standard InChI is InChI=1S/C54H39N3/c1-54(2)48-22-7-6-21-46(48)47-34-44(28-29-49(47)54)42-18-11-16-40(32-42)39-15-10-17-41(31-39)43-19-12-20-45(33-43)52-35-51(56-53(57-52)38-13-4-3-5-14-38)37-26-24-36(25-27-37)50-23-8-9-30-55-50/h3-35H,1-2H3. The summed E-state index contributed by atoms with van der Waals surface area (Å²) in [4.78, 5) is 14.7. The summed E-state index contributed by atoms with van der Waals surface area (Å²) in [6.45, 7) is 4.66. The van der Waals surface area contributed by atoms with Crippen molar-refractivity contribution in [3.8, 4) is 89.7 Å². The highest BCUT2D eigenvalue weighted by atomic mass is 14.9. The van der Waals surface area contributed by atoms with E-state index in [4.69, 9.17) is 9.97 Å². The summed E-state index contributed by atoms with van der Waals surface area (Å²) in [6, 6.07) is 69.0. The SMILES string of the molecule is CC1(C)c2ccccc2-c2cc(-c3cccc(-c4cccc(-c5cccc(-c6cc(-c7ccc(-c8ccccn8)cc7)nc(-c7ccccc7)n6)c5)c4)c3)ccc21. The third kappa shape index (κ3) is 6.43. The normalized spacial score (nSPS) is 12.5. The molecule has 0 saturated heterocycles. The van der Waals surface area contributed by atoms with E-state index in [1.165, 1.54) is 44.5 Å². The highest BCUT2D eigenvalue weighted by Gasteiger charge is 2.35. The van der Waals surface area contributed by atoms with Gasteiger partial charge in [0.05, 0.1) is 17.1 Å². The molecule has 270 valence electrons. The second-order valence-corrected chi connectivity index (χ2v) is 15.3. The van der Waals surface area contributed by atoms with E-state index in [1.807, 2.05) is 42.6 Å². The lowest BCUT2D eigenvalue weighted by Gasteiger charge is -2.21. The van der Waals surface area contributed by atoms with E-state index in [1.54, 1.807) is 0 Å². The Morgan fingerprint density at radius 1 is 0.316 bits per heavy atom. The van der Waals surface area contributed by atoms with E-state index in [2.05, 4.69) is 177 Å². The molecule has 1 aliphatic rings. The third-order valence-corrected chi connectivity index (χ3v) is 11.4. The van der Waals surface area contributed by atoms with Crippen LogP contribution in [0, 0.1) is 0 Å². The van der Waals surface area contributed by atoms with Crippen molar-refractivity contribution in [1.82, 2.24) is 15.0 Å². The largest absolute Gasteiger partial charge is 0.256 e. The first-order chi connectivity index (χ1) is 28.0. The lowest BCUT2D eigenvalue weighted by Crippen LogP contribution is -2.14. The fourth-order valence-corrected chi connectivity index (χ4v) is 8.32. The Hall–Kier alpha value is -7.23. The molecule has 7 aromatic carbocycles. The van der Waals surface area contributed by atoms with Crippen molar-refractivity contribution in [3.05, 3.63) is 211 Å². The first-order valence-corrected chi connectivity index (χ1v) is 19.5. The number of pyridine rings is 1. The molecule has 0 aliphatic heterocycles. The van der Waals surface area contributed by atoms with E-state index in [9.17, 15) is 0 Å². The summed E-state index contributed by atoms with van der Waals surface area (Å²) in [5.41, 5.74) is 19.4. The monoisotopic (exact) mass is 729 g/mol. The fraction of sp³-hybridized carbons (Fsp3) is 0.0556. The van der Waals surface area contributed by atoms with Crippen LogP contribution in [0.15, 0.2) is 200 Å². The Morgan fingerprint density at radius 3 is 1.42 bits per heavy atom. The molecule has 0 saturated carbocycles. The average molecular weight is 730 g/mol. The van der Waals surface area contributed by atoms with Gasteiger partial charge in [0.15, 0.2) is 5.82 Å². The molecular weight excluding hydrogens is 691 g/mol. The van der Waals surface area contributed by atoms with Crippen molar-refractivity contribution >= 4 is 0 Å². The highest BCUT2D eigenvalue weighted by molar-refractivity contribution is 5.86. The van der Waals surface area contributed by atoms with E-state index in [0.717, 1.165) is 50.5 Å². The number of fused-ring (bicyclic) bond motifs is 3. The second-order valence-electron chi connectivity index (χ2n) is 15.3. The Labute approximate surface area is 334 Å². The molecule has 0 N–H and O–H groups in total. The average Bonchev–Trinajstić information content (AvgIpc) is 3.52. The second kappa shape index (κ2) is 14.1. The van der Waals surface area contributed by atoms with Gasteiger partial charge >= 0.3 is 0 Å². The first kappa shape index (κ1) is 34.3. The Kier molecular flexibility index (Phi) is 8.49. The van der Waals surface area contributed by atoms with Crippen LogP contribution in [0.4, 0.5) is 0 Å². The molecule has 2 heterocycles. The zero-order valence-electron chi connectivity index (χ0n) is 31.9. The summed E-state index contributed by atoms with van der Waals surface area (Å²) < 4.78 is 0. The van der Waals surface area contributed by atoms with Crippen molar-refractivity contribution in [2.45, 2.75) is 19.3 Å². The molecule has 0 spiro atoms. The lowest BCUT2D eigenvalue weighted by atomic mass is 9.82. The van der Waals surface area contributed by atoms with Crippen molar-refractivity contribution < 1.29 is 0 Å². The van der Waals surface area contributed by atoms with Gasteiger partial charge in [-0.2, -0.15) is 0 Å². The van der Waals surface area contributed by atoms with Gasteiger partial charge in [0, 0.05) is 33.9 Å². The fourth-order valence-electron chi connectivity index (χ4n) is 8.32. The molecule has 2 aromatic heterocycles. The Balaban J connectivity index is 0.985. The van der Waals surface area contributed by atoms with Crippen LogP contribution in [0.1, 0.15) is 25.0 Å². The number of hydrogen-bond donors (Lipinski definition) is 0. The molecule has 1 aliphatic carbocycles. The molecule has 9 aromatic rings. The van der Waals surface area contributed by atoms with E-state index >= 15 is 0 Å². The van der Waals surface area contributed by atoms with Gasteiger partial charge < -0.3 is 0 Å². The maximum atomic E-state index is 5.12. The van der Waals surface area contributed by atoms with Crippen molar-refractivity contribution in [2.24, 2.45) is 0 Å². The summed E-state index contributed by atoms with van der Waals surface area (Å²) in [5, 5.41) is 0. The molecule has 0 amide bonds. The molecule has 3 heteroatoms. The van der Waals surface area contributed by atoms with Crippen LogP contribution in [0.2, 0.25) is 0 Å². The van der Waals surface area contributed by atoms with Crippen molar-refractivity contribution in [2.75, 3.05) is 0 Å². The predicted octanol–water partition coefficient (Wildman–Crippen LogP) is 13.8. The van der Waals surface area contributed by atoms with Gasteiger partial charge in [-0.05, 0) is 98.1 Å². The number of benzene rings is 7. The minimum atomic E-state index is -0.00280. The van der Waals surface area contributed by atoms with Gasteiger partial charge in [-0.15, -0.1) is 0 Å². The molecule has 0 unspecified atom stereocenters. The van der Waals surface area contributed by atoms with Crippen LogP contribution in [0.5, 0.6) is 0 Å². The summed E-state index contributed by atoms with van der Waals surface area (Å²) in [6.07, 6.45) is 1.82. The van der Waals surface area contributed by atoms with Crippen LogP contribution >= 0.6 is 0 Å². The molecule has 0 atom stereocenters. The molecule has 0 bridgehead atoms. The topological polar surface area (TPSA) is 38.7 Å². The van der Waals surface area contributed by atoms with E-state index < -0.39 is 0 Å². The molecule has 0 radical (unpaired) electrons. The maximum Gasteiger partial charge on any atom is 0.160 e. The smallest absolute Gasteiger partial charge is 0.160 e. The molecule has 3 nitrogen and oxygen atoms in total. The Morgan fingerprint density at radius 2 is 0.789 bits per heavy atom. The van der Waals surface area contributed by atoms with Crippen LogP contribution in [-0.4, -0.2) is 15.0 Å². The number of nitrogens with zero attached hydrogens (tertiary/aromatic N) is 3. The van der Waals surface area contributed by atoms with E-state index in [-0.39, 0.29) is 5.41 Å². The third-order valence-electron chi connectivity index (χ3n) is 11.4. The van der Waals surface area contributed by atoms with Gasteiger partial charge in [-0.1, -0.05) is 166 Å². The number of hydrogen-bond acceptors (Lipinski definition) is 3. The molecule has 0 fully saturated rings. The van der Waals surface area contributed by atoms with Crippen molar-refractivity contribution in [3.63, 3.8) is 0 Å². The molecule has 57 heavy (non-hydrogen) atoms. The van der Waals surface area contributed by atoms with Crippen LogP contribution in [0.3, 0.4) is 0 Å². The predicted molar refractivity (Wildman–Crippen MR) is 235 cm³/mol. The highest BCUT2D eigenvalue weighted by Crippen LogP contribution is 2.49.